The van der Waals surface area contributed by atoms with E-state index in [1.54, 1.807) is 0 Å². The average molecular weight is 817 g/mol. The van der Waals surface area contributed by atoms with Crippen LogP contribution in [0, 0.1) is 0 Å². The highest BCUT2D eigenvalue weighted by molar-refractivity contribution is 5.71. The molecule has 0 amide bonds. The molecular formula is C52H96O6. The number of allylic oxidation sites excluding steroid dienone is 4. The number of unbranched alkanes of at least 4 members (excludes halogenated alkanes) is 31. The topological polar surface area (TPSA) is 78.9 Å². The van der Waals surface area contributed by atoms with Crippen molar-refractivity contribution in [2.45, 2.75) is 277 Å². The molecule has 0 radical (unpaired) electrons. The van der Waals surface area contributed by atoms with Crippen molar-refractivity contribution in [2.75, 3.05) is 13.2 Å². The Morgan fingerprint density at radius 1 is 0.345 bits per heavy atom. The zero-order valence-electron chi connectivity index (χ0n) is 38.8. The van der Waals surface area contributed by atoms with Crippen molar-refractivity contribution in [1.82, 2.24) is 0 Å². The lowest BCUT2D eigenvalue weighted by atomic mass is 10.0. The fourth-order valence-electron chi connectivity index (χ4n) is 7.38. The first-order valence-electron chi connectivity index (χ1n) is 25.3. The molecule has 0 saturated heterocycles. The van der Waals surface area contributed by atoms with Crippen LogP contribution < -0.4 is 0 Å². The van der Waals surface area contributed by atoms with E-state index in [4.69, 9.17) is 14.2 Å². The van der Waals surface area contributed by atoms with Crippen molar-refractivity contribution in [1.29, 1.82) is 0 Å². The second-order valence-electron chi connectivity index (χ2n) is 17.1. The van der Waals surface area contributed by atoms with Crippen LogP contribution in [0.4, 0.5) is 0 Å². The second kappa shape index (κ2) is 47.6. The number of rotatable bonds is 46. The molecule has 1 unspecified atom stereocenters. The van der Waals surface area contributed by atoms with E-state index >= 15 is 0 Å². The van der Waals surface area contributed by atoms with E-state index < -0.39 is 6.10 Å². The highest BCUT2D eigenvalue weighted by atomic mass is 16.6. The Balaban J connectivity index is 4.31. The summed E-state index contributed by atoms with van der Waals surface area (Å²) in [4.78, 5) is 37.8. The van der Waals surface area contributed by atoms with Crippen molar-refractivity contribution in [3.8, 4) is 0 Å². The fraction of sp³-hybridized carbons (Fsp3) is 0.865. The van der Waals surface area contributed by atoms with Crippen molar-refractivity contribution >= 4 is 17.9 Å². The number of esters is 3. The number of carbonyl (C=O) groups is 3. The Bertz CT molecular complexity index is 942. The number of carbonyl (C=O) groups excluding carboxylic acids is 3. The molecular weight excluding hydrogens is 721 g/mol. The summed E-state index contributed by atoms with van der Waals surface area (Å²) in [5.74, 6) is -0.949. The van der Waals surface area contributed by atoms with E-state index in [0.29, 0.717) is 19.3 Å². The predicted molar refractivity (Wildman–Crippen MR) is 247 cm³/mol. The highest BCUT2D eigenvalue weighted by Crippen LogP contribution is 2.16. The highest BCUT2D eigenvalue weighted by Gasteiger charge is 2.19. The predicted octanol–water partition coefficient (Wildman–Crippen LogP) is 16.4. The minimum absolute atomic E-state index is 0.0891. The molecule has 0 N–H and O–H groups in total. The van der Waals surface area contributed by atoms with Crippen LogP contribution in [-0.4, -0.2) is 37.2 Å². The van der Waals surface area contributed by atoms with Gasteiger partial charge in [-0.25, -0.2) is 0 Å². The summed E-state index contributed by atoms with van der Waals surface area (Å²) in [6.45, 7) is 6.58. The zero-order chi connectivity index (χ0) is 42.3. The number of ether oxygens (including phenoxy) is 3. The minimum Gasteiger partial charge on any atom is -0.462 e. The number of hydrogen-bond acceptors (Lipinski definition) is 6. The number of hydrogen-bond donors (Lipinski definition) is 0. The fourth-order valence-corrected chi connectivity index (χ4v) is 7.38. The summed E-state index contributed by atoms with van der Waals surface area (Å²) in [6, 6.07) is 0. The molecule has 0 spiro atoms. The molecule has 0 aliphatic heterocycles. The Kier molecular flexibility index (Phi) is 45.8. The summed E-state index contributed by atoms with van der Waals surface area (Å²) in [5.41, 5.74) is 0. The van der Waals surface area contributed by atoms with E-state index in [1.165, 1.54) is 173 Å². The summed E-state index contributed by atoms with van der Waals surface area (Å²) in [5, 5.41) is 0. The van der Waals surface area contributed by atoms with Gasteiger partial charge in [-0.3, -0.25) is 14.4 Å². The van der Waals surface area contributed by atoms with E-state index in [1.807, 2.05) is 6.08 Å². The molecule has 6 heteroatoms. The van der Waals surface area contributed by atoms with Crippen molar-refractivity contribution in [3.63, 3.8) is 0 Å². The minimum atomic E-state index is -0.794. The van der Waals surface area contributed by atoms with E-state index in [2.05, 4.69) is 39.0 Å². The first kappa shape index (κ1) is 55.9. The molecule has 0 bridgehead atoms. The summed E-state index contributed by atoms with van der Waals surface area (Å²) in [6.07, 6.45) is 53.3. The lowest BCUT2D eigenvalue weighted by Crippen LogP contribution is -2.30. The third kappa shape index (κ3) is 45.0. The van der Waals surface area contributed by atoms with Gasteiger partial charge in [-0.1, -0.05) is 238 Å². The van der Waals surface area contributed by atoms with Gasteiger partial charge in [0, 0.05) is 19.3 Å². The van der Waals surface area contributed by atoms with Crippen LogP contribution in [0.15, 0.2) is 24.3 Å². The molecule has 340 valence electrons. The molecule has 0 aromatic rings. The van der Waals surface area contributed by atoms with Gasteiger partial charge in [-0.2, -0.15) is 0 Å². The van der Waals surface area contributed by atoms with Gasteiger partial charge in [0.25, 0.3) is 0 Å². The van der Waals surface area contributed by atoms with Gasteiger partial charge in [0.15, 0.2) is 6.10 Å². The molecule has 0 saturated carbocycles. The smallest absolute Gasteiger partial charge is 0.306 e. The lowest BCUT2D eigenvalue weighted by Gasteiger charge is -2.18. The van der Waals surface area contributed by atoms with Crippen LogP contribution in [0.3, 0.4) is 0 Å². The first-order valence-corrected chi connectivity index (χ1v) is 25.3. The third-order valence-electron chi connectivity index (χ3n) is 11.2. The molecule has 0 aliphatic carbocycles. The maximum absolute atomic E-state index is 12.7. The van der Waals surface area contributed by atoms with E-state index in [9.17, 15) is 14.4 Å². The zero-order valence-corrected chi connectivity index (χ0v) is 38.8. The molecule has 0 aromatic carbocycles. The maximum Gasteiger partial charge on any atom is 0.306 e. The third-order valence-corrected chi connectivity index (χ3v) is 11.2. The maximum atomic E-state index is 12.7. The Morgan fingerprint density at radius 2 is 0.655 bits per heavy atom. The van der Waals surface area contributed by atoms with Crippen LogP contribution in [0.1, 0.15) is 271 Å². The molecule has 0 fully saturated rings. The van der Waals surface area contributed by atoms with E-state index in [-0.39, 0.29) is 37.5 Å². The van der Waals surface area contributed by atoms with Crippen molar-refractivity contribution in [2.24, 2.45) is 0 Å². The first-order chi connectivity index (χ1) is 28.5. The normalized spacial score (nSPS) is 12.1. The summed E-state index contributed by atoms with van der Waals surface area (Å²) < 4.78 is 16.7. The van der Waals surface area contributed by atoms with Gasteiger partial charge >= 0.3 is 17.9 Å². The van der Waals surface area contributed by atoms with Crippen LogP contribution in [0.2, 0.25) is 0 Å². The lowest BCUT2D eigenvalue weighted by molar-refractivity contribution is -0.166. The molecule has 6 nitrogen and oxygen atoms in total. The van der Waals surface area contributed by atoms with Crippen LogP contribution in [0.25, 0.3) is 0 Å². The quantitative estimate of drug-likeness (QED) is 0.0263. The summed E-state index contributed by atoms with van der Waals surface area (Å²) in [7, 11) is 0. The standard InChI is InChI=1S/C52H96O6/c1-4-7-10-13-16-19-21-23-24-25-26-27-29-30-33-36-39-42-45-51(54)57-48-49(47-56-50(53)44-41-38-35-32-18-15-12-9-6-3)58-52(55)46-43-40-37-34-31-28-22-20-17-14-11-8-5-2/h28,31,37,40,49H,4-27,29-30,32-36,38-39,41-48H2,1-3H3/b31-28-,40-37-. The average Bonchev–Trinajstić information content (AvgIpc) is 3.22. The Hall–Kier alpha value is -2.11. The largest absolute Gasteiger partial charge is 0.462 e. The SMILES string of the molecule is CCCCCCCC/C=C\C/C=C\CCC(=O)OC(COC(=O)CCCCCCCCCCC)COC(=O)CCCCCCCCCCCCCCCCCCCC. The van der Waals surface area contributed by atoms with E-state index in [0.717, 1.165) is 51.4 Å². The van der Waals surface area contributed by atoms with Gasteiger partial charge in [-0.15, -0.1) is 0 Å². The van der Waals surface area contributed by atoms with Gasteiger partial charge in [0.2, 0.25) is 0 Å². The molecule has 58 heavy (non-hydrogen) atoms. The molecule has 1 atom stereocenters. The Morgan fingerprint density at radius 3 is 1.02 bits per heavy atom. The van der Waals surface area contributed by atoms with Crippen molar-refractivity contribution in [3.05, 3.63) is 24.3 Å². The molecule has 0 aromatic heterocycles. The van der Waals surface area contributed by atoms with Crippen LogP contribution in [0.5, 0.6) is 0 Å². The van der Waals surface area contributed by atoms with Crippen LogP contribution in [-0.2, 0) is 28.6 Å². The van der Waals surface area contributed by atoms with Crippen molar-refractivity contribution < 1.29 is 28.6 Å². The van der Waals surface area contributed by atoms with Crippen LogP contribution >= 0.6 is 0 Å². The summed E-state index contributed by atoms with van der Waals surface area (Å²) >= 11 is 0. The molecule has 0 rings (SSSR count). The second-order valence-corrected chi connectivity index (χ2v) is 17.1. The van der Waals surface area contributed by atoms with Gasteiger partial charge in [0.05, 0.1) is 0 Å². The Labute approximate surface area is 360 Å². The monoisotopic (exact) mass is 817 g/mol. The molecule has 0 aliphatic rings. The van der Waals surface area contributed by atoms with Gasteiger partial charge < -0.3 is 14.2 Å². The van der Waals surface area contributed by atoms with Gasteiger partial charge in [-0.05, 0) is 38.5 Å². The van der Waals surface area contributed by atoms with Gasteiger partial charge in [0.1, 0.15) is 13.2 Å². The molecule has 0 heterocycles.